The van der Waals surface area contributed by atoms with E-state index in [-0.39, 0.29) is 29.1 Å². The van der Waals surface area contributed by atoms with E-state index >= 15 is 0 Å². The van der Waals surface area contributed by atoms with Gasteiger partial charge in [-0.3, -0.25) is 0 Å². The summed E-state index contributed by atoms with van der Waals surface area (Å²) in [6, 6.07) is 11.3. The van der Waals surface area contributed by atoms with Crippen molar-refractivity contribution in [1.82, 2.24) is 4.98 Å². The molecule has 26 heavy (non-hydrogen) atoms. The Balaban J connectivity index is 1.95. The van der Waals surface area contributed by atoms with Crippen LogP contribution in [0, 0.1) is 11.6 Å². The van der Waals surface area contributed by atoms with Gasteiger partial charge in [0.2, 0.25) is 0 Å². The van der Waals surface area contributed by atoms with Crippen LogP contribution in [0.1, 0.15) is 11.1 Å². The number of hydrogen-bond donors (Lipinski definition) is 1. The lowest BCUT2D eigenvalue weighted by atomic mass is 9.99. The largest absolute Gasteiger partial charge is 0.417 e. The first kappa shape index (κ1) is 17.8. The Morgan fingerprint density at radius 3 is 2.35 bits per heavy atom. The Labute approximate surface area is 146 Å². The molecule has 0 radical (unpaired) electrons. The number of rotatable bonds is 4. The van der Waals surface area contributed by atoms with Gasteiger partial charge in [-0.2, -0.15) is 13.2 Å². The average Bonchev–Trinajstić information content (AvgIpc) is 2.60. The van der Waals surface area contributed by atoms with E-state index in [2.05, 4.69) is 10.3 Å². The predicted molar refractivity (Wildman–Crippen MR) is 88.4 cm³/mol. The summed E-state index contributed by atoms with van der Waals surface area (Å²) in [5.41, 5.74) is -0.408. The van der Waals surface area contributed by atoms with Crippen molar-refractivity contribution >= 4 is 5.82 Å². The van der Waals surface area contributed by atoms with Crippen molar-refractivity contribution in [3.8, 4) is 11.1 Å². The molecule has 1 N–H and O–H groups in total. The predicted octanol–water partition coefficient (Wildman–Crippen LogP) is 5.66. The number of halogens is 5. The van der Waals surface area contributed by atoms with E-state index in [0.29, 0.717) is 0 Å². The summed E-state index contributed by atoms with van der Waals surface area (Å²) in [7, 11) is 0. The van der Waals surface area contributed by atoms with E-state index in [9.17, 15) is 22.0 Å². The monoisotopic (exact) mass is 364 g/mol. The molecule has 0 amide bonds. The second kappa shape index (κ2) is 7.11. The highest BCUT2D eigenvalue weighted by Crippen LogP contribution is 2.38. The summed E-state index contributed by atoms with van der Waals surface area (Å²) in [5, 5.41) is 2.83. The van der Waals surface area contributed by atoms with E-state index in [1.54, 1.807) is 0 Å². The first-order valence-corrected chi connectivity index (χ1v) is 7.65. The van der Waals surface area contributed by atoms with Gasteiger partial charge >= 0.3 is 6.18 Å². The maximum atomic E-state index is 13.7. The highest BCUT2D eigenvalue weighted by Gasteiger charge is 2.33. The van der Waals surface area contributed by atoms with Gasteiger partial charge in [-0.25, -0.2) is 13.8 Å². The van der Waals surface area contributed by atoms with Crippen LogP contribution in [0.2, 0.25) is 0 Å². The number of pyridine rings is 1. The molecule has 1 heterocycles. The van der Waals surface area contributed by atoms with Gasteiger partial charge in [0.25, 0.3) is 0 Å². The fourth-order valence-electron chi connectivity index (χ4n) is 2.57. The molecule has 0 aliphatic carbocycles. The minimum absolute atomic E-state index is 0.0322. The van der Waals surface area contributed by atoms with Crippen LogP contribution in [-0.4, -0.2) is 4.98 Å². The van der Waals surface area contributed by atoms with Crippen LogP contribution < -0.4 is 5.32 Å². The van der Waals surface area contributed by atoms with Crippen LogP contribution in [0.5, 0.6) is 0 Å². The van der Waals surface area contributed by atoms with Crippen molar-refractivity contribution in [3.63, 3.8) is 0 Å². The maximum Gasteiger partial charge on any atom is 0.417 e. The second-order valence-corrected chi connectivity index (χ2v) is 5.53. The van der Waals surface area contributed by atoms with E-state index < -0.39 is 23.4 Å². The van der Waals surface area contributed by atoms with Crippen molar-refractivity contribution < 1.29 is 22.0 Å². The quantitative estimate of drug-likeness (QED) is 0.605. The third kappa shape index (κ3) is 3.82. The van der Waals surface area contributed by atoms with Crippen LogP contribution in [0.4, 0.5) is 27.8 Å². The van der Waals surface area contributed by atoms with Gasteiger partial charge < -0.3 is 5.32 Å². The topological polar surface area (TPSA) is 24.9 Å². The summed E-state index contributed by atoms with van der Waals surface area (Å²) >= 11 is 0. The van der Waals surface area contributed by atoms with Gasteiger partial charge in [0.1, 0.15) is 17.5 Å². The second-order valence-electron chi connectivity index (χ2n) is 5.53. The van der Waals surface area contributed by atoms with Crippen LogP contribution in [0.15, 0.2) is 60.8 Å². The zero-order valence-electron chi connectivity index (χ0n) is 13.3. The number of alkyl halides is 3. The van der Waals surface area contributed by atoms with Crippen molar-refractivity contribution in [2.75, 3.05) is 5.32 Å². The standard InChI is InChI=1S/C19H13F5N2/c20-13-8-7-12(17(21)10-13)11-26-18-15(5-3-9-25-18)14-4-1-2-6-16(14)19(22,23)24/h1-10H,11H2,(H,25,26). The minimum Gasteiger partial charge on any atom is -0.365 e. The molecular formula is C19H13F5N2. The molecule has 0 unspecified atom stereocenters. The molecule has 0 aliphatic heterocycles. The Morgan fingerprint density at radius 2 is 1.62 bits per heavy atom. The van der Waals surface area contributed by atoms with Crippen molar-refractivity contribution in [1.29, 1.82) is 0 Å². The molecule has 1 aromatic heterocycles. The third-order valence-corrected chi connectivity index (χ3v) is 3.79. The first-order valence-electron chi connectivity index (χ1n) is 7.65. The molecule has 0 bridgehead atoms. The van der Waals surface area contributed by atoms with Crippen LogP contribution in [-0.2, 0) is 12.7 Å². The molecular weight excluding hydrogens is 351 g/mol. The average molecular weight is 364 g/mol. The zero-order chi connectivity index (χ0) is 18.7. The molecule has 0 aliphatic rings. The lowest BCUT2D eigenvalue weighted by molar-refractivity contribution is -0.137. The van der Waals surface area contributed by atoms with E-state index in [1.807, 2.05) is 0 Å². The van der Waals surface area contributed by atoms with E-state index in [0.717, 1.165) is 18.2 Å². The fraction of sp³-hybridized carbons (Fsp3) is 0.105. The maximum absolute atomic E-state index is 13.7. The molecule has 0 saturated heterocycles. The smallest absolute Gasteiger partial charge is 0.365 e. The van der Waals surface area contributed by atoms with E-state index in [4.69, 9.17) is 0 Å². The first-order chi connectivity index (χ1) is 12.4. The van der Waals surface area contributed by atoms with Gasteiger partial charge in [0.15, 0.2) is 0 Å². The zero-order valence-corrected chi connectivity index (χ0v) is 13.3. The molecule has 7 heteroatoms. The van der Waals surface area contributed by atoms with Crippen LogP contribution in [0.3, 0.4) is 0 Å². The number of nitrogens with zero attached hydrogens (tertiary/aromatic N) is 1. The number of hydrogen-bond acceptors (Lipinski definition) is 2. The number of aromatic nitrogens is 1. The molecule has 0 saturated carbocycles. The molecule has 2 nitrogen and oxygen atoms in total. The Kier molecular flexibility index (Phi) is 4.88. The highest BCUT2D eigenvalue weighted by molar-refractivity contribution is 5.77. The molecule has 0 atom stereocenters. The van der Waals surface area contributed by atoms with Crippen molar-refractivity contribution in [2.24, 2.45) is 0 Å². The third-order valence-electron chi connectivity index (χ3n) is 3.79. The Hall–Kier alpha value is -2.96. The summed E-state index contributed by atoms with van der Waals surface area (Å²) in [6.45, 7) is -0.0513. The van der Waals surface area contributed by atoms with Crippen LogP contribution in [0.25, 0.3) is 11.1 Å². The molecule has 3 rings (SSSR count). The molecule has 0 fully saturated rings. The van der Waals surface area contributed by atoms with Crippen molar-refractivity contribution in [2.45, 2.75) is 12.7 Å². The minimum atomic E-state index is -4.52. The van der Waals surface area contributed by atoms with Crippen LogP contribution >= 0.6 is 0 Å². The van der Waals surface area contributed by atoms with E-state index in [1.165, 1.54) is 42.6 Å². The van der Waals surface area contributed by atoms with Gasteiger partial charge in [0.05, 0.1) is 5.56 Å². The molecule has 134 valence electrons. The summed E-state index contributed by atoms with van der Waals surface area (Å²) in [5.74, 6) is -1.28. The molecule has 2 aromatic carbocycles. The van der Waals surface area contributed by atoms with Gasteiger partial charge in [0, 0.05) is 29.9 Å². The number of anilines is 1. The molecule has 0 spiro atoms. The normalized spacial score (nSPS) is 11.4. The van der Waals surface area contributed by atoms with Gasteiger partial charge in [-0.1, -0.05) is 24.3 Å². The highest BCUT2D eigenvalue weighted by atomic mass is 19.4. The van der Waals surface area contributed by atoms with Gasteiger partial charge in [-0.15, -0.1) is 0 Å². The SMILES string of the molecule is Fc1ccc(CNc2ncccc2-c2ccccc2C(F)(F)F)c(F)c1. The lowest BCUT2D eigenvalue weighted by Crippen LogP contribution is -2.09. The van der Waals surface area contributed by atoms with Crippen molar-refractivity contribution in [3.05, 3.63) is 83.6 Å². The lowest BCUT2D eigenvalue weighted by Gasteiger charge is -2.16. The summed E-state index contributed by atoms with van der Waals surface area (Å²) in [4.78, 5) is 4.07. The number of benzene rings is 2. The van der Waals surface area contributed by atoms with Gasteiger partial charge in [-0.05, 0) is 29.8 Å². The summed E-state index contributed by atoms with van der Waals surface area (Å²) in [6.07, 6.45) is -3.10. The fourth-order valence-corrected chi connectivity index (χ4v) is 2.57. The Bertz CT molecular complexity index is 922. The summed E-state index contributed by atoms with van der Waals surface area (Å²) < 4.78 is 66.6. The Morgan fingerprint density at radius 1 is 0.885 bits per heavy atom. The molecule has 3 aromatic rings. The number of nitrogens with one attached hydrogen (secondary N) is 1.